The molecular weight excluding hydrogens is 294 g/mol. The second-order valence-electron chi connectivity index (χ2n) is 5.53. The van der Waals surface area contributed by atoms with Gasteiger partial charge in [-0.1, -0.05) is 41.9 Å². The highest BCUT2D eigenvalue weighted by molar-refractivity contribution is 6.32. The standard InChI is InChI=1S/C17H18BFN2O2/c18-14-3-1-2-13(10-14)17(11-23-16(20)21-17)12-4-6-15(7-5-12)22-9-8-19/h1-7,10H,8-9,11,18H2,(H2,20,21). The van der Waals surface area contributed by atoms with Crippen LogP contribution >= 0.6 is 0 Å². The molecular formula is C17H18BFN2O2. The second-order valence-corrected chi connectivity index (χ2v) is 5.53. The topological polar surface area (TPSA) is 56.8 Å². The van der Waals surface area contributed by atoms with Gasteiger partial charge in [0.25, 0.3) is 6.02 Å². The van der Waals surface area contributed by atoms with Crippen molar-refractivity contribution >= 4 is 19.3 Å². The summed E-state index contributed by atoms with van der Waals surface area (Å²) >= 11 is 0. The predicted molar refractivity (Wildman–Crippen MR) is 90.9 cm³/mol. The van der Waals surface area contributed by atoms with E-state index in [1.54, 1.807) is 0 Å². The van der Waals surface area contributed by atoms with Gasteiger partial charge in [-0.25, -0.2) is 9.38 Å². The molecule has 23 heavy (non-hydrogen) atoms. The number of ether oxygens (including phenoxy) is 2. The number of alkyl halides is 1. The average Bonchev–Trinajstić information content (AvgIpc) is 2.97. The molecule has 2 aromatic carbocycles. The van der Waals surface area contributed by atoms with Crippen molar-refractivity contribution in [3.05, 3.63) is 59.7 Å². The van der Waals surface area contributed by atoms with Gasteiger partial charge in [0, 0.05) is 0 Å². The highest BCUT2D eigenvalue weighted by atomic mass is 19.1. The van der Waals surface area contributed by atoms with Gasteiger partial charge in [-0.15, -0.1) is 0 Å². The van der Waals surface area contributed by atoms with Gasteiger partial charge >= 0.3 is 0 Å². The van der Waals surface area contributed by atoms with Crippen molar-refractivity contribution in [2.24, 2.45) is 10.7 Å². The number of aliphatic imine (C=N–C) groups is 1. The second kappa shape index (κ2) is 6.32. The fourth-order valence-electron chi connectivity index (χ4n) is 2.78. The Morgan fingerprint density at radius 2 is 2.00 bits per heavy atom. The highest BCUT2D eigenvalue weighted by Crippen LogP contribution is 2.37. The molecule has 0 aromatic heterocycles. The normalized spacial score (nSPS) is 20.0. The molecule has 6 heteroatoms. The van der Waals surface area contributed by atoms with Crippen LogP contribution in [0, 0.1) is 0 Å². The quantitative estimate of drug-likeness (QED) is 0.834. The van der Waals surface area contributed by atoms with Crippen molar-refractivity contribution in [1.29, 1.82) is 0 Å². The predicted octanol–water partition coefficient (Wildman–Crippen LogP) is 0.882. The first-order chi connectivity index (χ1) is 11.1. The van der Waals surface area contributed by atoms with Gasteiger partial charge in [-0.05, 0) is 23.3 Å². The highest BCUT2D eigenvalue weighted by Gasteiger charge is 2.39. The van der Waals surface area contributed by atoms with E-state index < -0.39 is 12.2 Å². The van der Waals surface area contributed by atoms with Crippen molar-refractivity contribution < 1.29 is 13.9 Å². The molecule has 0 radical (unpaired) electrons. The molecule has 0 saturated carbocycles. The van der Waals surface area contributed by atoms with Crippen LogP contribution in [0.4, 0.5) is 4.39 Å². The van der Waals surface area contributed by atoms with Crippen molar-refractivity contribution in [2.45, 2.75) is 5.54 Å². The fourth-order valence-corrected chi connectivity index (χ4v) is 2.78. The molecule has 0 saturated heterocycles. The first-order valence-electron chi connectivity index (χ1n) is 7.49. The smallest absolute Gasteiger partial charge is 0.283 e. The molecule has 1 unspecified atom stereocenters. The summed E-state index contributed by atoms with van der Waals surface area (Å²) in [5, 5.41) is 0. The molecule has 0 bridgehead atoms. The lowest BCUT2D eigenvalue weighted by molar-refractivity contribution is 0.271. The van der Waals surface area contributed by atoms with Gasteiger partial charge < -0.3 is 15.2 Å². The molecule has 1 heterocycles. The lowest BCUT2D eigenvalue weighted by atomic mass is 9.81. The number of nitrogens with two attached hydrogens (primary N) is 1. The number of rotatable bonds is 5. The molecule has 2 aromatic rings. The molecule has 0 aliphatic carbocycles. The zero-order valence-corrected chi connectivity index (χ0v) is 13.0. The van der Waals surface area contributed by atoms with Crippen LogP contribution in [0.2, 0.25) is 0 Å². The van der Waals surface area contributed by atoms with Crippen LogP contribution in [0.1, 0.15) is 11.1 Å². The monoisotopic (exact) mass is 312 g/mol. The SMILES string of the molecule is Bc1cccc(C2(c3ccc(OCCF)cc3)COC(N)=N2)c1. The molecule has 1 aliphatic rings. The number of hydrogen-bond acceptors (Lipinski definition) is 4. The Morgan fingerprint density at radius 3 is 2.61 bits per heavy atom. The summed E-state index contributed by atoms with van der Waals surface area (Å²) in [6.45, 7) is -0.104. The van der Waals surface area contributed by atoms with Crippen LogP contribution in [0.25, 0.3) is 0 Å². The molecule has 1 atom stereocenters. The summed E-state index contributed by atoms with van der Waals surface area (Å²) in [5.41, 5.74) is 8.24. The lowest BCUT2D eigenvalue weighted by Gasteiger charge is -2.25. The van der Waals surface area contributed by atoms with Gasteiger partial charge in [0.2, 0.25) is 0 Å². The Hall–Kier alpha value is -2.50. The summed E-state index contributed by atoms with van der Waals surface area (Å²) in [5.74, 6) is 0.627. The molecule has 3 rings (SSSR count). The van der Waals surface area contributed by atoms with Crippen molar-refractivity contribution in [3.8, 4) is 5.75 Å². The summed E-state index contributed by atoms with van der Waals surface area (Å²) in [6, 6.07) is 15.8. The van der Waals surface area contributed by atoms with Crippen LogP contribution in [-0.2, 0) is 10.3 Å². The molecule has 1 aliphatic heterocycles. The minimum Gasteiger partial charge on any atom is -0.491 e. The minimum absolute atomic E-state index is 0.0522. The number of hydrogen-bond donors (Lipinski definition) is 1. The van der Waals surface area contributed by atoms with Crippen LogP contribution < -0.4 is 15.9 Å². The van der Waals surface area contributed by atoms with E-state index in [9.17, 15) is 4.39 Å². The first kappa shape index (κ1) is 15.4. The summed E-state index contributed by atoms with van der Waals surface area (Å²) < 4.78 is 22.9. The molecule has 118 valence electrons. The van der Waals surface area contributed by atoms with E-state index in [2.05, 4.69) is 11.1 Å². The molecule has 4 nitrogen and oxygen atoms in total. The summed E-state index contributed by atoms with van der Waals surface area (Å²) in [4.78, 5) is 4.56. The minimum atomic E-state index is -0.658. The maximum absolute atomic E-state index is 12.2. The Balaban J connectivity index is 2.00. The van der Waals surface area contributed by atoms with Crippen LogP contribution in [0.15, 0.2) is 53.5 Å². The van der Waals surface area contributed by atoms with E-state index in [4.69, 9.17) is 15.2 Å². The zero-order valence-electron chi connectivity index (χ0n) is 13.0. The maximum Gasteiger partial charge on any atom is 0.283 e. The number of halogens is 1. The fraction of sp³-hybridized carbons (Fsp3) is 0.235. The van der Waals surface area contributed by atoms with Gasteiger partial charge in [-0.3, -0.25) is 0 Å². The van der Waals surface area contributed by atoms with E-state index in [0.29, 0.717) is 12.4 Å². The number of benzene rings is 2. The molecule has 0 spiro atoms. The van der Waals surface area contributed by atoms with E-state index in [0.717, 1.165) is 16.6 Å². The first-order valence-corrected chi connectivity index (χ1v) is 7.49. The number of nitrogens with zero attached hydrogens (tertiary/aromatic N) is 1. The van der Waals surface area contributed by atoms with Gasteiger partial charge in [0.05, 0.1) is 0 Å². The van der Waals surface area contributed by atoms with Crippen LogP contribution in [0.3, 0.4) is 0 Å². The van der Waals surface area contributed by atoms with Gasteiger partial charge in [0.15, 0.2) is 0 Å². The van der Waals surface area contributed by atoms with Crippen molar-refractivity contribution in [1.82, 2.24) is 0 Å². The van der Waals surface area contributed by atoms with Gasteiger partial charge in [-0.2, -0.15) is 0 Å². The van der Waals surface area contributed by atoms with E-state index >= 15 is 0 Å². The Labute approximate surface area is 135 Å². The van der Waals surface area contributed by atoms with Gasteiger partial charge in [0.1, 0.15) is 39.0 Å². The van der Waals surface area contributed by atoms with Crippen molar-refractivity contribution in [3.63, 3.8) is 0 Å². The lowest BCUT2D eigenvalue weighted by Crippen LogP contribution is -2.28. The molecule has 2 N–H and O–H groups in total. The summed E-state index contributed by atoms with van der Waals surface area (Å²) in [7, 11) is 2.04. The van der Waals surface area contributed by atoms with Crippen LogP contribution in [-0.4, -0.2) is 33.8 Å². The zero-order chi connectivity index (χ0) is 16.3. The van der Waals surface area contributed by atoms with E-state index in [-0.39, 0.29) is 12.6 Å². The number of amidine groups is 1. The van der Waals surface area contributed by atoms with Crippen LogP contribution in [0.5, 0.6) is 5.75 Å². The van der Waals surface area contributed by atoms with E-state index in [1.807, 2.05) is 50.3 Å². The Morgan fingerprint density at radius 1 is 1.22 bits per heavy atom. The molecule has 0 amide bonds. The van der Waals surface area contributed by atoms with Crippen molar-refractivity contribution in [2.75, 3.05) is 19.9 Å². The third kappa shape index (κ3) is 3.02. The Kier molecular flexibility index (Phi) is 4.23. The average molecular weight is 312 g/mol. The van der Waals surface area contributed by atoms with E-state index in [1.165, 1.54) is 0 Å². The third-order valence-corrected chi connectivity index (χ3v) is 3.90. The largest absolute Gasteiger partial charge is 0.491 e. The summed E-state index contributed by atoms with van der Waals surface area (Å²) in [6.07, 6.45) is 0. The Bertz CT molecular complexity index is 721. The third-order valence-electron chi connectivity index (χ3n) is 3.90. The molecule has 0 fully saturated rings. The maximum atomic E-state index is 12.2.